The molecule has 1 aliphatic heterocycles. The maximum absolute atomic E-state index is 11.7. The molecule has 0 fully saturated rings. The Hall–Kier alpha value is -1.58. The fourth-order valence-electron chi connectivity index (χ4n) is 1.33. The summed E-state index contributed by atoms with van der Waals surface area (Å²) in [6.07, 6.45) is 7.69. The molecule has 4 heteroatoms. The highest BCUT2D eigenvalue weighted by Crippen LogP contribution is 2.13. The van der Waals surface area contributed by atoms with E-state index in [1.165, 1.54) is 4.90 Å². The van der Waals surface area contributed by atoms with E-state index >= 15 is 0 Å². The molecule has 0 aromatic heterocycles. The van der Waals surface area contributed by atoms with Gasteiger partial charge in [-0.1, -0.05) is 19.1 Å². The predicted octanol–water partition coefficient (Wildman–Crippen LogP) is 0.410. The van der Waals surface area contributed by atoms with Crippen LogP contribution in [0.15, 0.2) is 24.4 Å². The quantitative estimate of drug-likeness (QED) is 0.707. The molecule has 0 aromatic rings. The molecule has 0 aliphatic carbocycles. The lowest BCUT2D eigenvalue weighted by Crippen LogP contribution is -2.37. The number of rotatable bonds is 3. The van der Waals surface area contributed by atoms with E-state index in [1.54, 1.807) is 12.3 Å². The minimum atomic E-state index is -0.500. The summed E-state index contributed by atoms with van der Waals surface area (Å²) in [5.41, 5.74) is 5.04. The van der Waals surface area contributed by atoms with Crippen molar-refractivity contribution in [2.24, 2.45) is 11.7 Å². The van der Waals surface area contributed by atoms with Crippen LogP contribution in [0.5, 0.6) is 0 Å². The van der Waals surface area contributed by atoms with Crippen molar-refractivity contribution in [1.29, 1.82) is 0 Å². The Labute approximate surface area is 83.1 Å². The van der Waals surface area contributed by atoms with E-state index in [4.69, 9.17) is 5.73 Å². The van der Waals surface area contributed by atoms with Crippen LogP contribution < -0.4 is 5.73 Å². The maximum Gasteiger partial charge on any atom is 0.237 e. The molecule has 2 N–H and O–H groups in total. The van der Waals surface area contributed by atoms with Crippen LogP contribution >= 0.6 is 0 Å². The summed E-state index contributed by atoms with van der Waals surface area (Å²) in [4.78, 5) is 23.8. The Balaban J connectivity index is 2.76. The first-order valence-electron chi connectivity index (χ1n) is 4.59. The first kappa shape index (κ1) is 10.5. The van der Waals surface area contributed by atoms with Crippen molar-refractivity contribution in [3.63, 3.8) is 0 Å². The number of nitrogens with two attached hydrogens (primary N) is 1. The zero-order valence-electron chi connectivity index (χ0n) is 8.14. The molecule has 0 bridgehead atoms. The second-order valence-electron chi connectivity index (χ2n) is 3.17. The third-order valence-electron chi connectivity index (χ3n) is 2.09. The van der Waals surface area contributed by atoms with Crippen LogP contribution in [-0.4, -0.2) is 23.3 Å². The number of hydrogen-bond donors (Lipinski definition) is 1. The van der Waals surface area contributed by atoms with Gasteiger partial charge in [0.15, 0.2) is 0 Å². The molecule has 2 amide bonds. The molecule has 14 heavy (non-hydrogen) atoms. The monoisotopic (exact) mass is 194 g/mol. The Morgan fingerprint density at radius 2 is 2.29 bits per heavy atom. The number of primary amides is 1. The number of hydrogen-bond acceptors (Lipinski definition) is 2. The minimum Gasteiger partial charge on any atom is -0.368 e. The van der Waals surface area contributed by atoms with Crippen LogP contribution in [0.25, 0.3) is 0 Å². The Morgan fingerprint density at radius 1 is 1.57 bits per heavy atom. The highest BCUT2D eigenvalue weighted by molar-refractivity contribution is 5.87. The number of allylic oxidation sites excluding steroid dienone is 2. The van der Waals surface area contributed by atoms with Gasteiger partial charge >= 0.3 is 0 Å². The Bertz CT molecular complexity index is 294. The van der Waals surface area contributed by atoms with Crippen LogP contribution in [0, 0.1) is 5.92 Å². The van der Waals surface area contributed by atoms with Gasteiger partial charge in [0.2, 0.25) is 11.8 Å². The van der Waals surface area contributed by atoms with Gasteiger partial charge in [0.25, 0.3) is 0 Å². The number of amides is 2. The molecule has 4 nitrogen and oxygen atoms in total. The average Bonchev–Trinajstić information content (AvgIpc) is 2.29. The Morgan fingerprint density at radius 3 is 2.86 bits per heavy atom. The number of nitrogens with zero attached hydrogens (tertiary/aromatic N) is 1. The molecule has 1 unspecified atom stereocenters. The maximum atomic E-state index is 11.7. The third kappa shape index (κ3) is 2.45. The lowest BCUT2D eigenvalue weighted by atomic mass is 10.1. The summed E-state index contributed by atoms with van der Waals surface area (Å²) in [5.74, 6) is -0.722. The zero-order chi connectivity index (χ0) is 10.6. The van der Waals surface area contributed by atoms with Crippen LogP contribution in [0.3, 0.4) is 0 Å². The van der Waals surface area contributed by atoms with Crippen molar-refractivity contribution in [2.45, 2.75) is 13.3 Å². The van der Waals surface area contributed by atoms with Crippen LogP contribution in [0.4, 0.5) is 0 Å². The normalized spacial score (nSPS) is 21.1. The zero-order valence-corrected chi connectivity index (χ0v) is 8.14. The van der Waals surface area contributed by atoms with Gasteiger partial charge in [0.1, 0.15) is 6.54 Å². The molecule has 1 rings (SSSR count). The standard InChI is InChI=1S/C10H14N2O2/c1-2-8-5-3-4-6-12(10(8)14)7-9(11)13/h3-6,8H,2,7H2,1H3,(H2,11,13). The van der Waals surface area contributed by atoms with Crippen molar-refractivity contribution in [2.75, 3.05) is 6.54 Å². The summed E-state index contributed by atoms with van der Waals surface area (Å²) in [6, 6.07) is 0. The largest absolute Gasteiger partial charge is 0.368 e. The summed E-state index contributed by atoms with van der Waals surface area (Å²) >= 11 is 0. The first-order valence-corrected chi connectivity index (χ1v) is 4.59. The average molecular weight is 194 g/mol. The van der Waals surface area contributed by atoms with E-state index in [0.717, 1.165) is 6.42 Å². The second-order valence-corrected chi connectivity index (χ2v) is 3.17. The van der Waals surface area contributed by atoms with E-state index in [2.05, 4.69) is 0 Å². The minimum absolute atomic E-state index is 0.0481. The van der Waals surface area contributed by atoms with Crippen LogP contribution in [0.1, 0.15) is 13.3 Å². The molecule has 0 spiro atoms. The van der Waals surface area contributed by atoms with Gasteiger partial charge in [-0.3, -0.25) is 9.59 Å². The second kappa shape index (κ2) is 4.60. The predicted molar refractivity (Wildman–Crippen MR) is 53.0 cm³/mol. The number of carbonyl (C=O) groups excluding carboxylic acids is 2. The van der Waals surface area contributed by atoms with E-state index in [-0.39, 0.29) is 18.4 Å². The van der Waals surface area contributed by atoms with Crippen molar-refractivity contribution >= 4 is 11.8 Å². The van der Waals surface area contributed by atoms with E-state index in [9.17, 15) is 9.59 Å². The summed E-state index contributed by atoms with van der Waals surface area (Å²) in [5, 5.41) is 0. The third-order valence-corrected chi connectivity index (χ3v) is 2.09. The van der Waals surface area contributed by atoms with Gasteiger partial charge < -0.3 is 10.6 Å². The summed E-state index contributed by atoms with van der Waals surface area (Å²) in [7, 11) is 0. The molecule has 0 saturated heterocycles. The molecular weight excluding hydrogens is 180 g/mol. The fraction of sp³-hybridized carbons (Fsp3) is 0.400. The van der Waals surface area contributed by atoms with Gasteiger partial charge in [-0.05, 0) is 12.5 Å². The molecule has 1 heterocycles. The highest BCUT2D eigenvalue weighted by atomic mass is 16.2. The fourth-order valence-corrected chi connectivity index (χ4v) is 1.33. The molecule has 0 radical (unpaired) electrons. The lowest BCUT2D eigenvalue weighted by Gasteiger charge is -2.19. The molecule has 76 valence electrons. The van der Waals surface area contributed by atoms with E-state index < -0.39 is 5.91 Å². The number of carbonyl (C=O) groups is 2. The SMILES string of the molecule is CCC1C=CC=CN(CC(N)=O)C1=O. The van der Waals surface area contributed by atoms with Gasteiger partial charge in [-0.25, -0.2) is 0 Å². The van der Waals surface area contributed by atoms with Crippen LogP contribution in [0.2, 0.25) is 0 Å². The highest BCUT2D eigenvalue weighted by Gasteiger charge is 2.21. The smallest absolute Gasteiger partial charge is 0.237 e. The van der Waals surface area contributed by atoms with E-state index in [0.29, 0.717) is 0 Å². The molecule has 1 atom stereocenters. The first-order chi connectivity index (χ1) is 6.65. The van der Waals surface area contributed by atoms with Gasteiger partial charge in [0, 0.05) is 6.20 Å². The van der Waals surface area contributed by atoms with E-state index in [1.807, 2.05) is 19.1 Å². The molecule has 0 saturated carbocycles. The van der Waals surface area contributed by atoms with Gasteiger partial charge in [0.05, 0.1) is 5.92 Å². The Kier molecular flexibility index (Phi) is 3.45. The summed E-state index contributed by atoms with van der Waals surface area (Å²) in [6.45, 7) is 1.88. The molecular formula is C10H14N2O2. The topological polar surface area (TPSA) is 63.4 Å². The van der Waals surface area contributed by atoms with Crippen molar-refractivity contribution < 1.29 is 9.59 Å². The van der Waals surface area contributed by atoms with Crippen molar-refractivity contribution in [3.8, 4) is 0 Å². The van der Waals surface area contributed by atoms with Gasteiger partial charge in [-0.2, -0.15) is 0 Å². The van der Waals surface area contributed by atoms with Crippen molar-refractivity contribution in [1.82, 2.24) is 4.90 Å². The van der Waals surface area contributed by atoms with Crippen molar-refractivity contribution in [3.05, 3.63) is 24.4 Å². The molecule has 0 aromatic carbocycles. The summed E-state index contributed by atoms with van der Waals surface area (Å²) < 4.78 is 0. The molecule has 1 aliphatic rings. The lowest BCUT2D eigenvalue weighted by molar-refractivity contribution is -0.134. The van der Waals surface area contributed by atoms with Crippen LogP contribution in [-0.2, 0) is 9.59 Å². The van der Waals surface area contributed by atoms with Gasteiger partial charge in [-0.15, -0.1) is 0 Å².